The molecule has 1 aliphatic heterocycles. The summed E-state index contributed by atoms with van der Waals surface area (Å²) in [6, 6.07) is 13.3. The van der Waals surface area contributed by atoms with Gasteiger partial charge >= 0.3 is 0 Å². The largest absolute Gasteiger partial charge is 0.352 e. The number of carbonyl (C=O) groups excluding carboxylic acids is 3. The van der Waals surface area contributed by atoms with Gasteiger partial charge in [0.1, 0.15) is 0 Å². The molecule has 0 fully saturated rings. The summed E-state index contributed by atoms with van der Waals surface area (Å²) in [5.74, 6) is -0.920. The highest BCUT2D eigenvalue weighted by Gasteiger charge is 2.36. The molecule has 0 spiro atoms. The molecule has 0 aromatic heterocycles. The Morgan fingerprint density at radius 2 is 1.64 bits per heavy atom. The highest BCUT2D eigenvalue weighted by molar-refractivity contribution is 6.34. The molecular formula is C20H20N2O3. The van der Waals surface area contributed by atoms with Crippen LogP contribution in [0, 0.1) is 0 Å². The van der Waals surface area contributed by atoms with Crippen molar-refractivity contribution < 1.29 is 14.4 Å². The summed E-state index contributed by atoms with van der Waals surface area (Å²) in [4.78, 5) is 38.5. The van der Waals surface area contributed by atoms with Crippen LogP contribution in [0.3, 0.4) is 0 Å². The first-order chi connectivity index (χ1) is 12.1. The highest BCUT2D eigenvalue weighted by atomic mass is 16.2. The number of benzene rings is 2. The average molecular weight is 336 g/mol. The van der Waals surface area contributed by atoms with E-state index in [1.165, 1.54) is 0 Å². The molecule has 2 aromatic carbocycles. The molecule has 5 heteroatoms. The lowest BCUT2D eigenvalue weighted by atomic mass is 10.1. The molecule has 0 bridgehead atoms. The molecule has 128 valence electrons. The van der Waals surface area contributed by atoms with Crippen molar-refractivity contribution in [1.82, 2.24) is 5.32 Å². The SMILES string of the molecule is CCCCCNC(=O)c1cccc(N2C(=O)c3ccccc3C2=O)c1. The second kappa shape index (κ2) is 7.30. The molecule has 1 aliphatic rings. The van der Waals surface area contributed by atoms with E-state index in [-0.39, 0.29) is 17.7 Å². The predicted molar refractivity (Wildman–Crippen MR) is 95.9 cm³/mol. The maximum atomic E-state index is 12.5. The Bertz CT molecular complexity index is 794. The molecule has 0 saturated carbocycles. The lowest BCUT2D eigenvalue weighted by Gasteiger charge is -2.15. The third kappa shape index (κ3) is 3.31. The van der Waals surface area contributed by atoms with Crippen molar-refractivity contribution in [3.63, 3.8) is 0 Å². The molecule has 3 rings (SSSR count). The monoisotopic (exact) mass is 336 g/mol. The number of nitrogens with zero attached hydrogens (tertiary/aromatic N) is 1. The van der Waals surface area contributed by atoms with Gasteiger partial charge in [0.25, 0.3) is 17.7 Å². The summed E-state index contributed by atoms with van der Waals surface area (Å²) < 4.78 is 0. The number of imide groups is 1. The first-order valence-corrected chi connectivity index (χ1v) is 8.49. The number of hydrogen-bond acceptors (Lipinski definition) is 3. The maximum Gasteiger partial charge on any atom is 0.266 e. The molecule has 2 aromatic rings. The summed E-state index contributed by atoms with van der Waals surface area (Å²) in [7, 11) is 0. The highest BCUT2D eigenvalue weighted by Crippen LogP contribution is 2.28. The molecular weight excluding hydrogens is 316 g/mol. The van der Waals surface area contributed by atoms with Crippen LogP contribution in [-0.2, 0) is 0 Å². The fourth-order valence-electron chi connectivity index (χ4n) is 2.89. The summed E-state index contributed by atoms with van der Waals surface area (Å²) in [5, 5.41) is 2.86. The van der Waals surface area contributed by atoms with E-state index in [9.17, 15) is 14.4 Å². The third-order valence-electron chi connectivity index (χ3n) is 4.23. The zero-order valence-electron chi connectivity index (χ0n) is 14.1. The number of carbonyl (C=O) groups is 3. The molecule has 25 heavy (non-hydrogen) atoms. The summed E-state index contributed by atoms with van der Waals surface area (Å²) in [6.45, 7) is 2.72. The molecule has 0 aliphatic carbocycles. The summed E-state index contributed by atoms with van der Waals surface area (Å²) in [5.41, 5.74) is 1.63. The van der Waals surface area contributed by atoms with Gasteiger partial charge in [-0.15, -0.1) is 0 Å². The predicted octanol–water partition coefficient (Wildman–Crippen LogP) is 3.41. The number of fused-ring (bicyclic) bond motifs is 1. The molecule has 5 nitrogen and oxygen atoms in total. The van der Waals surface area contributed by atoms with Crippen LogP contribution in [0.25, 0.3) is 0 Å². The van der Waals surface area contributed by atoms with Gasteiger partial charge in [-0.3, -0.25) is 14.4 Å². The summed E-state index contributed by atoms with van der Waals surface area (Å²) in [6.07, 6.45) is 3.08. The second-order valence-electron chi connectivity index (χ2n) is 6.00. The van der Waals surface area contributed by atoms with Gasteiger partial charge in [-0.2, -0.15) is 0 Å². The molecule has 1 N–H and O–H groups in total. The molecule has 0 saturated heterocycles. The Balaban J connectivity index is 1.80. The normalized spacial score (nSPS) is 13.1. The Kier molecular flexibility index (Phi) is 4.93. The van der Waals surface area contributed by atoms with Gasteiger partial charge in [-0.25, -0.2) is 4.90 Å². The van der Waals surface area contributed by atoms with E-state index in [1.807, 2.05) is 0 Å². The number of hydrogen-bond donors (Lipinski definition) is 1. The van der Waals surface area contributed by atoms with Gasteiger partial charge in [0.05, 0.1) is 16.8 Å². The van der Waals surface area contributed by atoms with E-state index in [1.54, 1.807) is 48.5 Å². The van der Waals surface area contributed by atoms with Crippen molar-refractivity contribution >= 4 is 23.4 Å². The standard InChI is InChI=1S/C20H20N2O3/c1-2-3-6-12-21-18(23)14-8-7-9-15(13-14)22-19(24)16-10-4-5-11-17(16)20(22)25/h4-5,7-11,13H,2-3,6,12H2,1H3,(H,21,23). The smallest absolute Gasteiger partial charge is 0.266 e. The minimum atomic E-state index is -0.360. The first-order valence-electron chi connectivity index (χ1n) is 8.49. The lowest BCUT2D eigenvalue weighted by molar-refractivity contribution is 0.0919. The number of rotatable bonds is 6. The Labute approximate surface area is 146 Å². The first kappa shape index (κ1) is 16.9. The number of nitrogens with one attached hydrogen (secondary N) is 1. The minimum Gasteiger partial charge on any atom is -0.352 e. The fraction of sp³-hybridized carbons (Fsp3) is 0.250. The number of anilines is 1. The van der Waals surface area contributed by atoms with Crippen LogP contribution in [0.2, 0.25) is 0 Å². The second-order valence-corrected chi connectivity index (χ2v) is 6.00. The molecule has 1 heterocycles. The Morgan fingerprint density at radius 1 is 0.960 bits per heavy atom. The fourth-order valence-corrected chi connectivity index (χ4v) is 2.89. The quantitative estimate of drug-likeness (QED) is 0.649. The van der Waals surface area contributed by atoms with Gasteiger partial charge in [-0.1, -0.05) is 38.0 Å². The van der Waals surface area contributed by atoms with Crippen LogP contribution in [0.15, 0.2) is 48.5 Å². The van der Waals surface area contributed by atoms with Crippen molar-refractivity contribution in [1.29, 1.82) is 0 Å². The van der Waals surface area contributed by atoms with Crippen molar-refractivity contribution in [3.8, 4) is 0 Å². The van der Waals surface area contributed by atoms with Crippen LogP contribution < -0.4 is 10.2 Å². The molecule has 0 unspecified atom stereocenters. The molecule has 0 atom stereocenters. The van der Waals surface area contributed by atoms with Crippen molar-refractivity contribution in [2.75, 3.05) is 11.4 Å². The summed E-state index contributed by atoms with van der Waals surface area (Å²) >= 11 is 0. The minimum absolute atomic E-state index is 0.199. The van der Waals surface area contributed by atoms with E-state index in [0.717, 1.165) is 24.2 Å². The Morgan fingerprint density at radius 3 is 2.28 bits per heavy atom. The molecule has 0 radical (unpaired) electrons. The number of amides is 3. The van der Waals surface area contributed by atoms with Crippen LogP contribution in [-0.4, -0.2) is 24.3 Å². The van der Waals surface area contributed by atoms with E-state index < -0.39 is 0 Å². The van der Waals surface area contributed by atoms with Crippen LogP contribution in [0.1, 0.15) is 57.3 Å². The third-order valence-corrected chi connectivity index (χ3v) is 4.23. The molecule has 3 amide bonds. The van der Waals surface area contributed by atoms with Crippen LogP contribution in [0.4, 0.5) is 5.69 Å². The zero-order valence-corrected chi connectivity index (χ0v) is 14.1. The van der Waals surface area contributed by atoms with E-state index in [4.69, 9.17) is 0 Å². The number of unbranched alkanes of at least 4 members (excludes halogenated alkanes) is 2. The van der Waals surface area contributed by atoms with Crippen LogP contribution >= 0.6 is 0 Å². The van der Waals surface area contributed by atoms with Crippen LogP contribution in [0.5, 0.6) is 0 Å². The van der Waals surface area contributed by atoms with Gasteiger partial charge in [-0.05, 0) is 36.8 Å². The van der Waals surface area contributed by atoms with Gasteiger partial charge in [0.2, 0.25) is 0 Å². The van der Waals surface area contributed by atoms with E-state index in [2.05, 4.69) is 12.2 Å². The Hall–Kier alpha value is -2.95. The van der Waals surface area contributed by atoms with Crippen molar-refractivity contribution in [3.05, 3.63) is 65.2 Å². The lowest BCUT2D eigenvalue weighted by Crippen LogP contribution is -2.30. The van der Waals surface area contributed by atoms with Crippen molar-refractivity contribution in [2.24, 2.45) is 0 Å². The van der Waals surface area contributed by atoms with E-state index >= 15 is 0 Å². The van der Waals surface area contributed by atoms with E-state index in [0.29, 0.717) is 28.9 Å². The zero-order chi connectivity index (χ0) is 17.8. The van der Waals surface area contributed by atoms with Gasteiger partial charge in [0.15, 0.2) is 0 Å². The topological polar surface area (TPSA) is 66.5 Å². The van der Waals surface area contributed by atoms with Crippen molar-refractivity contribution in [2.45, 2.75) is 26.2 Å². The maximum absolute atomic E-state index is 12.5. The van der Waals surface area contributed by atoms with Gasteiger partial charge < -0.3 is 5.32 Å². The van der Waals surface area contributed by atoms with Gasteiger partial charge in [0, 0.05) is 12.1 Å². The average Bonchev–Trinajstić information content (AvgIpc) is 2.90.